The van der Waals surface area contributed by atoms with Crippen LogP contribution in [0.3, 0.4) is 0 Å². The number of rotatable bonds is 3. The molecule has 1 spiro atoms. The van der Waals surface area contributed by atoms with Gasteiger partial charge in [0.15, 0.2) is 5.82 Å². The van der Waals surface area contributed by atoms with Gasteiger partial charge in [-0.3, -0.25) is 9.47 Å². The van der Waals surface area contributed by atoms with Gasteiger partial charge in [-0.1, -0.05) is 11.6 Å². The first-order chi connectivity index (χ1) is 18.9. The van der Waals surface area contributed by atoms with E-state index in [0.717, 1.165) is 42.2 Å². The highest BCUT2D eigenvalue weighted by Gasteiger charge is 2.55. The molecular weight excluding hydrogens is 560 g/mol. The van der Waals surface area contributed by atoms with E-state index in [1.807, 2.05) is 21.6 Å². The van der Waals surface area contributed by atoms with E-state index in [0.29, 0.717) is 37.0 Å². The summed E-state index contributed by atoms with van der Waals surface area (Å²) in [6, 6.07) is 6.20. The van der Waals surface area contributed by atoms with Crippen molar-refractivity contribution in [1.82, 2.24) is 29.6 Å². The molecule has 0 N–H and O–H groups in total. The minimum absolute atomic E-state index is 0.0488. The molecule has 4 heterocycles. The molecule has 1 saturated heterocycles. The Morgan fingerprint density at radius 2 is 1.70 bits per heavy atom. The third-order valence-corrected chi connectivity index (χ3v) is 9.08. The van der Waals surface area contributed by atoms with Crippen LogP contribution in [-0.4, -0.2) is 54.9 Å². The molecule has 4 aliphatic rings. The van der Waals surface area contributed by atoms with Gasteiger partial charge in [-0.2, -0.15) is 26.3 Å². The van der Waals surface area contributed by atoms with Crippen molar-refractivity contribution in [3.05, 3.63) is 58.4 Å². The number of halogens is 7. The standard InChI is InChI=1S/C26H24ClF6N7/c27-17-1-2-19-14(5-17)10-38(18-6-16(7-18)25(28,29)30)11-21-36-37-22(40(19)21)15-8-24(9-15)12-39(13-24)23-34-4-3-20(35-23)26(31,32)33/h1-5,15-16,18H,6-13H2. The van der Waals surface area contributed by atoms with Crippen molar-refractivity contribution in [2.45, 2.75) is 63.1 Å². The first-order valence-electron chi connectivity index (χ1n) is 13.1. The Kier molecular flexibility index (Phi) is 5.71. The molecule has 0 amide bonds. The maximum Gasteiger partial charge on any atom is 0.433 e. The summed E-state index contributed by atoms with van der Waals surface area (Å²) >= 11 is 6.31. The fourth-order valence-electron chi connectivity index (χ4n) is 6.72. The highest BCUT2D eigenvalue weighted by atomic mass is 35.5. The van der Waals surface area contributed by atoms with Crippen LogP contribution in [0.2, 0.25) is 5.02 Å². The highest BCUT2D eigenvalue weighted by molar-refractivity contribution is 6.30. The number of anilines is 1. The lowest BCUT2D eigenvalue weighted by Crippen LogP contribution is -2.62. The van der Waals surface area contributed by atoms with E-state index < -0.39 is 24.0 Å². The third kappa shape index (κ3) is 4.32. The van der Waals surface area contributed by atoms with E-state index in [-0.39, 0.29) is 36.2 Å². The van der Waals surface area contributed by atoms with Crippen LogP contribution < -0.4 is 4.90 Å². The minimum Gasteiger partial charge on any atom is -0.340 e. The summed E-state index contributed by atoms with van der Waals surface area (Å²) in [5.41, 5.74) is 0.780. The molecule has 2 aromatic heterocycles. The monoisotopic (exact) mass is 583 g/mol. The lowest BCUT2D eigenvalue weighted by Gasteiger charge is -2.58. The molecule has 0 radical (unpaired) electrons. The number of hydrogen-bond acceptors (Lipinski definition) is 6. The predicted octanol–water partition coefficient (Wildman–Crippen LogP) is 5.77. The maximum atomic E-state index is 13.2. The van der Waals surface area contributed by atoms with Gasteiger partial charge in [-0.25, -0.2) is 9.97 Å². The second kappa shape index (κ2) is 8.78. The van der Waals surface area contributed by atoms with E-state index in [1.165, 1.54) is 0 Å². The molecule has 0 bridgehead atoms. The van der Waals surface area contributed by atoms with Gasteiger partial charge in [0.2, 0.25) is 5.95 Å². The van der Waals surface area contributed by atoms with Crippen LogP contribution in [0.4, 0.5) is 32.3 Å². The lowest BCUT2D eigenvalue weighted by molar-refractivity contribution is -0.207. The lowest BCUT2D eigenvalue weighted by atomic mass is 9.57. The van der Waals surface area contributed by atoms with Crippen LogP contribution >= 0.6 is 11.6 Å². The van der Waals surface area contributed by atoms with E-state index in [4.69, 9.17) is 11.6 Å². The van der Waals surface area contributed by atoms with Crippen molar-refractivity contribution < 1.29 is 26.3 Å². The van der Waals surface area contributed by atoms with Crippen molar-refractivity contribution in [1.29, 1.82) is 0 Å². The summed E-state index contributed by atoms with van der Waals surface area (Å²) in [5.74, 6) is 0.373. The second-order valence-corrected chi connectivity index (χ2v) is 12.0. The summed E-state index contributed by atoms with van der Waals surface area (Å²) in [7, 11) is 0. The van der Waals surface area contributed by atoms with Crippen LogP contribution in [0.5, 0.6) is 0 Å². The van der Waals surface area contributed by atoms with Gasteiger partial charge in [0.25, 0.3) is 0 Å². The molecule has 3 fully saturated rings. The first-order valence-corrected chi connectivity index (χ1v) is 13.5. The molecule has 3 aromatic rings. The van der Waals surface area contributed by atoms with Gasteiger partial charge in [0.05, 0.1) is 18.2 Å². The van der Waals surface area contributed by atoms with Crippen molar-refractivity contribution >= 4 is 17.5 Å². The Hall–Kier alpha value is -2.93. The predicted molar refractivity (Wildman–Crippen MR) is 132 cm³/mol. The number of nitrogens with zero attached hydrogens (tertiary/aromatic N) is 7. The Labute approximate surface area is 230 Å². The van der Waals surface area contributed by atoms with Crippen LogP contribution in [0.25, 0.3) is 5.69 Å². The average Bonchev–Trinajstić information content (AvgIpc) is 3.11. The van der Waals surface area contributed by atoms with Crippen LogP contribution in [-0.2, 0) is 19.3 Å². The number of hydrogen-bond donors (Lipinski definition) is 0. The van der Waals surface area contributed by atoms with Crippen molar-refractivity contribution in [2.75, 3.05) is 18.0 Å². The van der Waals surface area contributed by atoms with Gasteiger partial charge >= 0.3 is 12.4 Å². The Morgan fingerprint density at radius 3 is 2.40 bits per heavy atom. The van der Waals surface area contributed by atoms with Gasteiger partial charge < -0.3 is 4.90 Å². The van der Waals surface area contributed by atoms with Crippen LogP contribution in [0.1, 0.15) is 54.5 Å². The largest absolute Gasteiger partial charge is 0.433 e. The zero-order valence-corrected chi connectivity index (χ0v) is 21.8. The van der Waals surface area contributed by atoms with E-state index >= 15 is 0 Å². The zero-order chi connectivity index (χ0) is 28.0. The molecule has 1 aromatic carbocycles. The van der Waals surface area contributed by atoms with Gasteiger partial charge in [-0.15, -0.1) is 10.2 Å². The number of aromatic nitrogens is 5. The summed E-state index contributed by atoms with van der Waals surface area (Å²) in [6.45, 7) is 1.98. The third-order valence-electron chi connectivity index (χ3n) is 8.84. The fourth-order valence-corrected chi connectivity index (χ4v) is 6.91. The van der Waals surface area contributed by atoms with Crippen molar-refractivity contribution in [2.24, 2.45) is 11.3 Å². The molecule has 0 unspecified atom stereocenters. The zero-order valence-electron chi connectivity index (χ0n) is 21.1. The van der Waals surface area contributed by atoms with E-state index in [1.54, 1.807) is 11.0 Å². The van der Waals surface area contributed by atoms with Gasteiger partial charge in [0.1, 0.15) is 11.5 Å². The number of fused-ring (bicyclic) bond motifs is 3. The molecule has 2 aliphatic heterocycles. The summed E-state index contributed by atoms with van der Waals surface area (Å²) in [5, 5.41) is 9.54. The molecule has 212 valence electrons. The Bertz CT molecular complexity index is 1450. The molecule has 2 saturated carbocycles. The summed E-state index contributed by atoms with van der Waals surface area (Å²) < 4.78 is 80.7. The Balaban J connectivity index is 1.09. The normalized spacial score (nSPS) is 24.5. The van der Waals surface area contributed by atoms with Crippen molar-refractivity contribution in [3.63, 3.8) is 0 Å². The van der Waals surface area contributed by atoms with Gasteiger partial charge in [0, 0.05) is 48.2 Å². The SMILES string of the molecule is FC(F)(F)c1ccnc(N2CC3(CC(c4nnc5n4-c4ccc(Cl)cc4CN(C4CC(C(F)(F)F)C4)C5)C3)C2)n1. The molecule has 14 heteroatoms. The Morgan fingerprint density at radius 1 is 0.950 bits per heavy atom. The fraction of sp³-hybridized carbons (Fsp3) is 0.538. The summed E-state index contributed by atoms with van der Waals surface area (Å²) in [4.78, 5) is 11.5. The van der Waals surface area contributed by atoms with Crippen molar-refractivity contribution in [3.8, 4) is 5.69 Å². The van der Waals surface area contributed by atoms with E-state index in [9.17, 15) is 26.3 Å². The second-order valence-electron chi connectivity index (χ2n) is 11.6. The topological polar surface area (TPSA) is 63.0 Å². The molecule has 7 nitrogen and oxygen atoms in total. The molecular formula is C26H24ClF6N7. The molecule has 40 heavy (non-hydrogen) atoms. The first kappa shape index (κ1) is 26.0. The van der Waals surface area contributed by atoms with E-state index in [2.05, 4.69) is 20.2 Å². The average molecular weight is 584 g/mol. The number of benzene rings is 1. The molecule has 7 rings (SSSR count). The minimum atomic E-state index is -4.53. The quantitative estimate of drug-likeness (QED) is 0.365. The molecule has 0 atom stereocenters. The molecule has 2 aliphatic carbocycles. The van der Waals surface area contributed by atoms with Gasteiger partial charge in [-0.05, 0) is 55.5 Å². The maximum absolute atomic E-state index is 13.2. The number of alkyl halides is 6. The highest BCUT2D eigenvalue weighted by Crippen LogP contribution is 2.56. The summed E-state index contributed by atoms with van der Waals surface area (Å²) in [6.07, 6.45) is -5.85. The van der Waals surface area contributed by atoms with Crippen LogP contribution in [0, 0.1) is 11.3 Å². The smallest absolute Gasteiger partial charge is 0.340 e. The van der Waals surface area contributed by atoms with Crippen LogP contribution in [0.15, 0.2) is 30.5 Å².